The number of carbonyl (C=O) groups excluding carboxylic acids is 2. The average Bonchev–Trinajstić information content (AvgIpc) is 2.64. The first-order valence-electron chi connectivity index (χ1n) is 7.84. The molecule has 0 radical (unpaired) electrons. The van der Waals surface area contributed by atoms with Crippen molar-refractivity contribution in [1.82, 2.24) is 9.97 Å². The lowest BCUT2D eigenvalue weighted by Crippen LogP contribution is -2.33. The fourth-order valence-corrected chi connectivity index (χ4v) is 2.81. The quantitative estimate of drug-likeness (QED) is 0.265. The minimum atomic E-state index is -0.846. The maximum absolute atomic E-state index is 12.4. The molecule has 2 unspecified atom stereocenters. The molecule has 0 aliphatic carbocycles. The highest BCUT2D eigenvalue weighted by molar-refractivity contribution is 8.00. The van der Waals surface area contributed by atoms with Crippen molar-refractivity contribution in [3.8, 4) is 11.8 Å². The molecular formula is C16H24N2O6S. The number of thioether (sulfide) groups is 1. The van der Waals surface area contributed by atoms with Gasteiger partial charge in [0.05, 0.1) is 39.9 Å². The van der Waals surface area contributed by atoms with Gasteiger partial charge in [0.15, 0.2) is 5.16 Å². The molecule has 0 fully saturated rings. The van der Waals surface area contributed by atoms with E-state index in [1.165, 1.54) is 27.4 Å². The number of ether oxygens (including phenoxy) is 4. The molecule has 0 N–H and O–H groups in total. The summed E-state index contributed by atoms with van der Waals surface area (Å²) >= 11 is 1.01. The molecule has 0 spiro atoms. The van der Waals surface area contributed by atoms with E-state index in [-0.39, 0.29) is 16.9 Å². The highest BCUT2D eigenvalue weighted by Gasteiger charge is 2.34. The van der Waals surface area contributed by atoms with Gasteiger partial charge in [-0.3, -0.25) is 9.59 Å². The third kappa shape index (κ3) is 6.41. The molecule has 0 saturated heterocycles. The molecule has 140 valence electrons. The zero-order valence-corrected chi connectivity index (χ0v) is 15.9. The summed E-state index contributed by atoms with van der Waals surface area (Å²) in [4.78, 5) is 32.7. The summed E-state index contributed by atoms with van der Waals surface area (Å²) in [6, 6.07) is 1.52. The van der Waals surface area contributed by atoms with Crippen molar-refractivity contribution in [2.45, 2.75) is 37.1 Å². The van der Waals surface area contributed by atoms with Crippen LogP contribution in [-0.2, 0) is 19.1 Å². The van der Waals surface area contributed by atoms with E-state index in [0.717, 1.165) is 24.6 Å². The predicted molar refractivity (Wildman–Crippen MR) is 91.8 cm³/mol. The van der Waals surface area contributed by atoms with Crippen molar-refractivity contribution in [3.05, 3.63) is 6.07 Å². The van der Waals surface area contributed by atoms with Crippen molar-refractivity contribution in [1.29, 1.82) is 0 Å². The number of carbonyl (C=O) groups is 2. The van der Waals surface area contributed by atoms with Gasteiger partial charge in [-0.15, -0.1) is 0 Å². The fraction of sp³-hybridized carbons (Fsp3) is 0.625. The Morgan fingerprint density at radius 1 is 1.12 bits per heavy atom. The van der Waals surface area contributed by atoms with Gasteiger partial charge in [0, 0.05) is 0 Å². The van der Waals surface area contributed by atoms with Crippen molar-refractivity contribution >= 4 is 23.7 Å². The van der Waals surface area contributed by atoms with Gasteiger partial charge in [-0.1, -0.05) is 32.0 Å². The predicted octanol–water partition coefficient (Wildman–Crippen LogP) is 2.11. The number of nitrogens with zero attached hydrogens (tertiary/aromatic N) is 2. The summed E-state index contributed by atoms with van der Waals surface area (Å²) in [7, 11) is 4.20. The lowest BCUT2D eigenvalue weighted by atomic mass is 10.1. The Morgan fingerprint density at radius 3 is 2.20 bits per heavy atom. The average molecular weight is 372 g/mol. The SMILES string of the molecule is CCCCOC(=O)C(Sc1nc(OC)cc(OC)n1)C(C)C(=O)OC. The molecule has 0 saturated carbocycles. The van der Waals surface area contributed by atoms with E-state index in [1.54, 1.807) is 6.92 Å². The third-order valence-corrected chi connectivity index (χ3v) is 4.56. The Labute approximate surface area is 151 Å². The molecule has 1 aromatic heterocycles. The molecular weight excluding hydrogens is 348 g/mol. The Balaban J connectivity index is 3.03. The standard InChI is InChI=1S/C16H24N2O6S/c1-6-7-8-24-15(20)13(10(2)14(19)23-5)25-16-17-11(21-3)9-12(18-16)22-4/h9-10,13H,6-8H2,1-5H3. The van der Waals surface area contributed by atoms with E-state index in [9.17, 15) is 9.59 Å². The molecule has 25 heavy (non-hydrogen) atoms. The maximum atomic E-state index is 12.4. The fourth-order valence-electron chi connectivity index (χ4n) is 1.82. The maximum Gasteiger partial charge on any atom is 0.320 e. The first-order chi connectivity index (χ1) is 12.0. The molecule has 0 amide bonds. The molecule has 0 aliphatic heterocycles. The minimum Gasteiger partial charge on any atom is -0.481 e. The second-order valence-corrected chi connectivity index (χ2v) is 6.22. The van der Waals surface area contributed by atoms with Crippen LogP contribution in [0.2, 0.25) is 0 Å². The normalized spacial score (nSPS) is 12.8. The van der Waals surface area contributed by atoms with Crippen molar-refractivity contribution in [2.75, 3.05) is 27.9 Å². The van der Waals surface area contributed by atoms with Crippen LogP contribution in [-0.4, -0.2) is 55.1 Å². The second-order valence-electron chi connectivity index (χ2n) is 5.11. The summed E-state index contributed by atoms with van der Waals surface area (Å²) in [5, 5.41) is -0.606. The number of aromatic nitrogens is 2. The summed E-state index contributed by atoms with van der Waals surface area (Å²) in [5.74, 6) is -1.18. The van der Waals surface area contributed by atoms with Crippen molar-refractivity contribution in [2.24, 2.45) is 5.92 Å². The summed E-state index contributed by atoms with van der Waals surface area (Å²) in [5.41, 5.74) is 0. The molecule has 0 aliphatic rings. The molecule has 1 rings (SSSR count). The van der Waals surface area contributed by atoms with Gasteiger partial charge in [0.25, 0.3) is 0 Å². The number of esters is 2. The molecule has 8 nitrogen and oxygen atoms in total. The lowest BCUT2D eigenvalue weighted by molar-refractivity contribution is -0.152. The van der Waals surface area contributed by atoms with Crippen molar-refractivity contribution < 1.29 is 28.5 Å². The number of methoxy groups -OCH3 is 3. The summed E-state index contributed by atoms with van der Waals surface area (Å²) in [6.07, 6.45) is 1.65. The number of hydrogen-bond donors (Lipinski definition) is 0. The summed E-state index contributed by atoms with van der Waals surface area (Å²) in [6.45, 7) is 3.89. The van der Waals surface area contributed by atoms with Gasteiger partial charge in [0.2, 0.25) is 11.8 Å². The Bertz CT molecular complexity index is 561. The highest BCUT2D eigenvalue weighted by atomic mass is 32.2. The van der Waals surface area contributed by atoms with E-state index in [0.29, 0.717) is 6.61 Å². The molecule has 9 heteroatoms. The van der Waals surface area contributed by atoms with Crippen LogP contribution in [0.4, 0.5) is 0 Å². The topological polar surface area (TPSA) is 96.8 Å². The monoisotopic (exact) mass is 372 g/mol. The van der Waals surface area contributed by atoms with Crippen LogP contribution >= 0.6 is 11.8 Å². The third-order valence-electron chi connectivity index (χ3n) is 3.31. The van der Waals surface area contributed by atoms with Crippen molar-refractivity contribution in [3.63, 3.8) is 0 Å². The number of rotatable bonds is 10. The van der Waals surface area contributed by atoms with E-state index in [4.69, 9.17) is 18.9 Å². The Morgan fingerprint density at radius 2 is 1.72 bits per heavy atom. The second kappa shape index (κ2) is 10.8. The Hall–Kier alpha value is -2.03. The van der Waals surface area contributed by atoms with Crippen LogP contribution in [0.3, 0.4) is 0 Å². The largest absolute Gasteiger partial charge is 0.481 e. The number of hydrogen-bond acceptors (Lipinski definition) is 9. The van der Waals surface area contributed by atoms with Gasteiger partial charge >= 0.3 is 11.9 Å². The van der Waals surface area contributed by atoms with Crippen LogP contribution in [0.15, 0.2) is 11.2 Å². The van der Waals surface area contributed by atoms with E-state index in [2.05, 4.69) is 9.97 Å². The Kier molecular flexibility index (Phi) is 9.04. The molecule has 1 aromatic rings. The molecule has 1 heterocycles. The van der Waals surface area contributed by atoms with E-state index in [1.807, 2.05) is 6.92 Å². The van der Waals surface area contributed by atoms with Gasteiger partial charge in [-0.05, 0) is 6.42 Å². The van der Waals surface area contributed by atoms with Crippen LogP contribution in [0, 0.1) is 5.92 Å². The van der Waals surface area contributed by atoms with Crippen LogP contribution in [0.25, 0.3) is 0 Å². The number of unbranched alkanes of at least 4 members (excludes halogenated alkanes) is 1. The smallest absolute Gasteiger partial charge is 0.320 e. The van der Waals surface area contributed by atoms with Gasteiger partial charge in [0.1, 0.15) is 5.25 Å². The minimum absolute atomic E-state index is 0.240. The first-order valence-corrected chi connectivity index (χ1v) is 8.72. The van der Waals surface area contributed by atoms with E-state index < -0.39 is 23.1 Å². The van der Waals surface area contributed by atoms with Crippen LogP contribution in [0.1, 0.15) is 26.7 Å². The molecule has 2 atom stereocenters. The van der Waals surface area contributed by atoms with Gasteiger partial charge < -0.3 is 18.9 Å². The zero-order chi connectivity index (χ0) is 18.8. The highest BCUT2D eigenvalue weighted by Crippen LogP contribution is 2.30. The van der Waals surface area contributed by atoms with Crippen LogP contribution in [0.5, 0.6) is 11.8 Å². The summed E-state index contributed by atoms with van der Waals surface area (Å²) < 4.78 is 20.2. The first kappa shape index (κ1) is 21.0. The van der Waals surface area contributed by atoms with Crippen LogP contribution < -0.4 is 9.47 Å². The molecule has 0 aromatic carbocycles. The zero-order valence-electron chi connectivity index (χ0n) is 15.1. The molecule has 0 bridgehead atoms. The van der Waals surface area contributed by atoms with Gasteiger partial charge in [-0.25, -0.2) is 0 Å². The lowest BCUT2D eigenvalue weighted by Gasteiger charge is -2.19. The van der Waals surface area contributed by atoms with E-state index >= 15 is 0 Å². The van der Waals surface area contributed by atoms with Gasteiger partial charge in [-0.2, -0.15) is 9.97 Å².